The van der Waals surface area contributed by atoms with Crippen molar-refractivity contribution in [3.63, 3.8) is 0 Å². The Bertz CT molecular complexity index is 634. The Hall–Kier alpha value is -1.75. The van der Waals surface area contributed by atoms with Gasteiger partial charge in [0.2, 0.25) is 0 Å². The van der Waals surface area contributed by atoms with E-state index in [1.807, 2.05) is 30.0 Å². The monoisotopic (exact) mass is 271 g/mol. The summed E-state index contributed by atoms with van der Waals surface area (Å²) in [5, 5.41) is 0. The van der Waals surface area contributed by atoms with E-state index in [1.54, 1.807) is 0 Å². The smallest absolute Gasteiger partial charge is 0.172 e. The highest BCUT2D eigenvalue weighted by molar-refractivity contribution is 7.98. The highest BCUT2D eigenvalue weighted by Crippen LogP contribution is 2.37. The van der Waals surface area contributed by atoms with Gasteiger partial charge in [-0.15, -0.1) is 0 Å². The molecule has 0 bridgehead atoms. The van der Waals surface area contributed by atoms with Gasteiger partial charge in [0.05, 0.1) is 5.69 Å². The Balaban J connectivity index is 1.70. The maximum absolute atomic E-state index is 6.03. The van der Waals surface area contributed by atoms with Crippen LogP contribution in [0.1, 0.15) is 28.7 Å². The number of ether oxygens (including phenoxy) is 1. The van der Waals surface area contributed by atoms with E-state index in [4.69, 9.17) is 10.5 Å². The number of hydrogen-bond acceptors (Lipinski definition) is 5. The van der Waals surface area contributed by atoms with Crippen LogP contribution < -0.4 is 10.5 Å². The molecule has 5 heteroatoms. The highest BCUT2D eigenvalue weighted by Gasteiger charge is 2.28. The van der Waals surface area contributed by atoms with Gasteiger partial charge in [0, 0.05) is 23.5 Å². The van der Waals surface area contributed by atoms with Gasteiger partial charge in [-0.25, -0.2) is 9.97 Å². The molecule has 1 unspecified atom stereocenters. The fourth-order valence-corrected chi connectivity index (χ4v) is 3.62. The molecule has 0 radical (unpaired) electrons. The van der Waals surface area contributed by atoms with Gasteiger partial charge in [-0.3, -0.25) is 0 Å². The number of nitrogens with zero attached hydrogens (tertiary/aromatic N) is 2. The molecule has 1 aromatic carbocycles. The minimum atomic E-state index is -0.101. The molecule has 2 aromatic rings. The lowest BCUT2D eigenvalue weighted by Gasteiger charge is -2.11. The summed E-state index contributed by atoms with van der Waals surface area (Å²) in [6.45, 7) is 0. The topological polar surface area (TPSA) is 61.0 Å². The van der Waals surface area contributed by atoms with Gasteiger partial charge >= 0.3 is 0 Å². The van der Waals surface area contributed by atoms with Crippen molar-refractivity contribution in [2.24, 2.45) is 0 Å². The van der Waals surface area contributed by atoms with E-state index in [2.05, 4.69) is 16.0 Å². The molecule has 2 aliphatic rings. The number of nitrogens with two attached hydrogens (primary N) is 1. The molecule has 2 N–H and O–H groups in total. The van der Waals surface area contributed by atoms with Crippen molar-refractivity contribution in [3.8, 4) is 5.75 Å². The molecule has 19 heavy (non-hydrogen) atoms. The molecule has 0 saturated heterocycles. The van der Waals surface area contributed by atoms with Crippen LogP contribution in [-0.4, -0.2) is 9.97 Å². The molecule has 1 atom stereocenters. The van der Waals surface area contributed by atoms with Crippen molar-refractivity contribution < 1.29 is 4.74 Å². The molecule has 0 aliphatic carbocycles. The Kier molecular flexibility index (Phi) is 2.41. The van der Waals surface area contributed by atoms with Crippen LogP contribution >= 0.6 is 11.8 Å². The number of para-hydroxylation sites is 1. The van der Waals surface area contributed by atoms with E-state index in [0.717, 1.165) is 40.8 Å². The van der Waals surface area contributed by atoms with Crippen LogP contribution in [0.3, 0.4) is 0 Å². The second-order valence-electron chi connectivity index (χ2n) is 4.80. The van der Waals surface area contributed by atoms with Crippen LogP contribution in [0.2, 0.25) is 0 Å². The van der Waals surface area contributed by atoms with Gasteiger partial charge in [-0.05, 0) is 11.6 Å². The highest BCUT2D eigenvalue weighted by atomic mass is 32.2. The number of aromatic nitrogens is 2. The van der Waals surface area contributed by atoms with Crippen molar-refractivity contribution in [1.82, 2.24) is 9.97 Å². The number of nitrogen functional groups attached to an aromatic ring is 1. The standard InChI is InChI=1S/C14H13N3OS/c15-13-9-6-19-7-10(9)16-14(17-13)12-5-8-3-1-2-4-11(8)18-12/h1-4,12H,5-7H2,(H2,15,16,17). The Morgan fingerprint density at radius 2 is 2.11 bits per heavy atom. The molecule has 4 nitrogen and oxygen atoms in total. The van der Waals surface area contributed by atoms with Crippen LogP contribution in [-0.2, 0) is 17.9 Å². The summed E-state index contributed by atoms with van der Waals surface area (Å²) in [6.07, 6.45) is 0.720. The number of anilines is 1. The summed E-state index contributed by atoms with van der Waals surface area (Å²) in [5.41, 5.74) is 9.42. The first-order chi connectivity index (χ1) is 9.31. The largest absolute Gasteiger partial charge is 0.482 e. The zero-order valence-electron chi connectivity index (χ0n) is 10.3. The van der Waals surface area contributed by atoms with E-state index in [0.29, 0.717) is 5.82 Å². The van der Waals surface area contributed by atoms with E-state index in [9.17, 15) is 0 Å². The van der Waals surface area contributed by atoms with Crippen molar-refractivity contribution >= 4 is 17.6 Å². The molecule has 1 aromatic heterocycles. The summed E-state index contributed by atoms with van der Waals surface area (Å²) in [7, 11) is 0. The minimum Gasteiger partial charge on any atom is -0.482 e. The maximum Gasteiger partial charge on any atom is 0.172 e. The summed E-state index contributed by atoms with van der Waals surface area (Å²) < 4.78 is 5.92. The first-order valence-corrected chi connectivity index (χ1v) is 7.44. The van der Waals surface area contributed by atoms with Crippen molar-refractivity contribution in [2.75, 3.05) is 5.73 Å². The summed E-state index contributed by atoms with van der Waals surface area (Å²) in [4.78, 5) is 9.08. The average Bonchev–Trinajstić information content (AvgIpc) is 3.04. The molecule has 3 heterocycles. The lowest BCUT2D eigenvalue weighted by Crippen LogP contribution is -2.12. The van der Waals surface area contributed by atoms with Gasteiger partial charge in [-0.2, -0.15) is 11.8 Å². The predicted molar refractivity (Wildman–Crippen MR) is 75.0 cm³/mol. The molecular weight excluding hydrogens is 258 g/mol. The normalized spacial score (nSPS) is 19.9. The van der Waals surface area contributed by atoms with Gasteiger partial charge in [-0.1, -0.05) is 18.2 Å². The first kappa shape index (κ1) is 11.1. The molecular formula is C14H13N3OS. The average molecular weight is 271 g/mol. The van der Waals surface area contributed by atoms with Crippen molar-refractivity contribution in [3.05, 3.63) is 46.9 Å². The number of rotatable bonds is 1. The van der Waals surface area contributed by atoms with E-state index in [-0.39, 0.29) is 6.10 Å². The zero-order chi connectivity index (χ0) is 12.8. The lowest BCUT2D eigenvalue weighted by atomic mass is 10.1. The third kappa shape index (κ3) is 1.76. The van der Waals surface area contributed by atoms with E-state index in [1.165, 1.54) is 5.56 Å². The Morgan fingerprint density at radius 1 is 1.21 bits per heavy atom. The van der Waals surface area contributed by atoms with Gasteiger partial charge < -0.3 is 10.5 Å². The number of hydrogen-bond donors (Lipinski definition) is 1. The number of benzene rings is 1. The Labute approximate surface area is 115 Å². The van der Waals surface area contributed by atoms with Crippen LogP contribution in [0, 0.1) is 0 Å². The van der Waals surface area contributed by atoms with Crippen molar-refractivity contribution in [1.29, 1.82) is 0 Å². The quantitative estimate of drug-likeness (QED) is 0.863. The SMILES string of the molecule is Nc1nc(C2Cc3ccccc3O2)nc2c1CSC2. The second kappa shape index (κ2) is 4.13. The molecule has 4 rings (SSSR count). The predicted octanol–water partition coefficient (Wildman–Crippen LogP) is 2.48. The molecule has 96 valence electrons. The fraction of sp³-hybridized carbons (Fsp3) is 0.286. The first-order valence-electron chi connectivity index (χ1n) is 6.29. The second-order valence-corrected chi connectivity index (χ2v) is 5.79. The lowest BCUT2D eigenvalue weighted by molar-refractivity contribution is 0.227. The van der Waals surface area contributed by atoms with Crippen molar-refractivity contribution in [2.45, 2.75) is 24.0 Å². The molecule has 0 spiro atoms. The molecule has 0 fully saturated rings. The summed E-state index contributed by atoms with van der Waals surface area (Å²) in [5.74, 6) is 4.12. The molecule has 2 aliphatic heterocycles. The van der Waals surface area contributed by atoms with Crippen LogP contribution in [0.25, 0.3) is 0 Å². The van der Waals surface area contributed by atoms with Crippen LogP contribution in [0.5, 0.6) is 5.75 Å². The fourth-order valence-electron chi connectivity index (χ4n) is 2.57. The molecule has 0 amide bonds. The molecule has 0 saturated carbocycles. The van der Waals surface area contributed by atoms with Crippen LogP contribution in [0.4, 0.5) is 5.82 Å². The number of fused-ring (bicyclic) bond motifs is 2. The maximum atomic E-state index is 6.03. The Morgan fingerprint density at radius 3 is 3.00 bits per heavy atom. The van der Waals surface area contributed by atoms with E-state index >= 15 is 0 Å². The number of thioether (sulfide) groups is 1. The van der Waals surface area contributed by atoms with Gasteiger partial charge in [0.1, 0.15) is 11.6 Å². The minimum absolute atomic E-state index is 0.101. The third-order valence-electron chi connectivity index (χ3n) is 3.56. The summed E-state index contributed by atoms with van der Waals surface area (Å²) in [6, 6.07) is 8.08. The van der Waals surface area contributed by atoms with Gasteiger partial charge in [0.15, 0.2) is 11.9 Å². The zero-order valence-corrected chi connectivity index (χ0v) is 11.1. The summed E-state index contributed by atoms with van der Waals surface area (Å²) >= 11 is 1.83. The van der Waals surface area contributed by atoms with E-state index < -0.39 is 0 Å². The van der Waals surface area contributed by atoms with Crippen LogP contribution in [0.15, 0.2) is 24.3 Å². The van der Waals surface area contributed by atoms with Gasteiger partial charge in [0.25, 0.3) is 0 Å². The third-order valence-corrected chi connectivity index (χ3v) is 4.53.